The summed E-state index contributed by atoms with van der Waals surface area (Å²) in [5.74, 6) is 0.230. The molecule has 0 fully saturated rings. The van der Waals surface area contributed by atoms with E-state index in [0.29, 0.717) is 13.2 Å². The normalized spacial score (nSPS) is 13.9. The second kappa shape index (κ2) is 5.49. The van der Waals surface area contributed by atoms with Gasteiger partial charge in [-0.25, -0.2) is 0 Å². The van der Waals surface area contributed by atoms with Gasteiger partial charge < -0.3 is 10.5 Å². The van der Waals surface area contributed by atoms with E-state index >= 15 is 0 Å². The van der Waals surface area contributed by atoms with Gasteiger partial charge in [-0.05, 0) is 26.8 Å². The molecule has 0 atom stereocenters. The zero-order chi connectivity index (χ0) is 13.9. The lowest BCUT2D eigenvalue weighted by molar-refractivity contribution is -0.142. The topological polar surface area (TPSA) is 52.3 Å². The summed E-state index contributed by atoms with van der Waals surface area (Å²) in [5.41, 5.74) is 4.49. The van der Waals surface area contributed by atoms with Crippen molar-refractivity contribution < 1.29 is 9.53 Å². The number of Topliss-reactive ketones (excluding diaryl/α,β-unsaturated/α-hetero) is 1. The molecule has 0 unspecified atom stereocenters. The molecule has 3 heteroatoms. The zero-order valence-electron chi connectivity index (χ0n) is 12.5. The van der Waals surface area contributed by atoms with E-state index in [4.69, 9.17) is 10.5 Å². The summed E-state index contributed by atoms with van der Waals surface area (Å²) in [6.07, 6.45) is 0.798. The molecule has 0 saturated carbocycles. The van der Waals surface area contributed by atoms with Crippen molar-refractivity contribution in [3.05, 3.63) is 0 Å². The van der Waals surface area contributed by atoms with Crippen LogP contribution >= 0.6 is 0 Å². The van der Waals surface area contributed by atoms with Crippen molar-refractivity contribution in [2.24, 2.45) is 16.6 Å². The van der Waals surface area contributed by atoms with E-state index in [1.54, 1.807) is 0 Å². The minimum absolute atomic E-state index is 0.230. The first-order valence-corrected chi connectivity index (χ1v) is 6.31. The maximum Gasteiger partial charge on any atom is 0.146 e. The quantitative estimate of drug-likeness (QED) is 0.780. The third-order valence-corrected chi connectivity index (χ3v) is 2.87. The van der Waals surface area contributed by atoms with Crippen LogP contribution in [0.1, 0.15) is 54.9 Å². The van der Waals surface area contributed by atoms with Crippen LogP contribution in [0.4, 0.5) is 0 Å². The molecule has 0 aromatic carbocycles. The summed E-state index contributed by atoms with van der Waals surface area (Å²) in [5, 5.41) is 0. The summed E-state index contributed by atoms with van der Waals surface area (Å²) in [6, 6.07) is 0. The Bertz CT molecular complexity index is 262. The number of hydrogen-bond donors (Lipinski definition) is 1. The highest BCUT2D eigenvalue weighted by molar-refractivity contribution is 5.88. The molecule has 0 aromatic heterocycles. The first-order valence-electron chi connectivity index (χ1n) is 6.31. The molecular weight excluding hydrogens is 214 g/mol. The molecule has 0 amide bonds. The second-order valence-electron chi connectivity index (χ2n) is 7.05. The van der Waals surface area contributed by atoms with Crippen molar-refractivity contribution in [2.75, 3.05) is 13.2 Å². The van der Waals surface area contributed by atoms with Crippen molar-refractivity contribution in [1.82, 2.24) is 0 Å². The molecule has 0 aliphatic rings. The number of ether oxygens (including phenoxy) is 1. The van der Waals surface area contributed by atoms with E-state index < -0.39 is 5.41 Å². The van der Waals surface area contributed by atoms with Crippen LogP contribution < -0.4 is 5.73 Å². The summed E-state index contributed by atoms with van der Waals surface area (Å²) >= 11 is 0. The highest BCUT2D eigenvalue weighted by Gasteiger charge is 2.37. The highest BCUT2D eigenvalue weighted by Crippen LogP contribution is 2.30. The molecule has 0 aliphatic heterocycles. The Kier molecular flexibility index (Phi) is 5.36. The molecule has 0 rings (SSSR count). The summed E-state index contributed by atoms with van der Waals surface area (Å²) < 4.78 is 5.85. The average Bonchev–Trinajstić information content (AvgIpc) is 2.12. The fourth-order valence-electron chi connectivity index (χ4n) is 1.88. The van der Waals surface area contributed by atoms with Gasteiger partial charge in [-0.15, -0.1) is 0 Å². The molecular formula is C14H29NO2. The molecule has 0 heterocycles. The Morgan fingerprint density at radius 1 is 1.06 bits per heavy atom. The zero-order valence-corrected chi connectivity index (χ0v) is 12.5. The van der Waals surface area contributed by atoms with Gasteiger partial charge in [0.15, 0.2) is 0 Å². The molecule has 0 aromatic rings. The number of carbonyl (C=O) groups is 1. The predicted octanol–water partition coefficient (Wildman–Crippen LogP) is 2.77. The van der Waals surface area contributed by atoms with E-state index in [1.165, 1.54) is 0 Å². The Morgan fingerprint density at radius 3 is 1.88 bits per heavy atom. The molecule has 0 spiro atoms. The van der Waals surface area contributed by atoms with E-state index in [2.05, 4.69) is 0 Å². The fourth-order valence-corrected chi connectivity index (χ4v) is 1.88. The van der Waals surface area contributed by atoms with Crippen LogP contribution in [0.15, 0.2) is 0 Å². The van der Waals surface area contributed by atoms with Crippen molar-refractivity contribution >= 4 is 5.78 Å². The van der Waals surface area contributed by atoms with Crippen LogP contribution in [0.5, 0.6) is 0 Å². The third kappa shape index (κ3) is 5.64. The van der Waals surface area contributed by atoms with Gasteiger partial charge >= 0.3 is 0 Å². The number of carbonyl (C=O) groups excluding carboxylic acids is 1. The largest absolute Gasteiger partial charge is 0.375 e. The van der Waals surface area contributed by atoms with Crippen LogP contribution in [0.25, 0.3) is 0 Å². The minimum atomic E-state index is -0.454. The van der Waals surface area contributed by atoms with Crippen LogP contribution in [-0.4, -0.2) is 24.5 Å². The standard InChI is InChI=1S/C14H29NO2/c1-12(2,3)11(16)13(4,5)10-17-14(6,7)8-9-15/h8-10,15H2,1-7H3. The Hall–Kier alpha value is -0.410. The van der Waals surface area contributed by atoms with Gasteiger partial charge in [-0.3, -0.25) is 4.79 Å². The van der Waals surface area contributed by atoms with E-state index in [0.717, 1.165) is 6.42 Å². The number of hydrogen-bond acceptors (Lipinski definition) is 3. The Balaban J connectivity index is 4.52. The monoisotopic (exact) mass is 243 g/mol. The van der Waals surface area contributed by atoms with E-state index in [1.807, 2.05) is 48.5 Å². The smallest absolute Gasteiger partial charge is 0.146 e. The summed E-state index contributed by atoms with van der Waals surface area (Å²) in [7, 11) is 0. The van der Waals surface area contributed by atoms with Gasteiger partial charge in [0, 0.05) is 10.8 Å². The predicted molar refractivity (Wildman–Crippen MR) is 71.9 cm³/mol. The number of ketones is 1. The molecule has 0 saturated heterocycles. The van der Waals surface area contributed by atoms with Gasteiger partial charge in [0.25, 0.3) is 0 Å². The van der Waals surface area contributed by atoms with E-state index in [-0.39, 0.29) is 16.8 Å². The van der Waals surface area contributed by atoms with Crippen molar-refractivity contribution in [2.45, 2.75) is 60.5 Å². The highest BCUT2D eigenvalue weighted by atomic mass is 16.5. The average molecular weight is 243 g/mol. The molecule has 3 nitrogen and oxygen atoms in total. The van der Waals surface area contributed by atoms with E-state index in [9.17, 15) is 4.79 Å². The first-order chi connectivity index (χ1) is 7.42. The Morgan fingerprint density at radius 2 is 1.53 bits per heavy atom. The number of rotatable bonds is 6. The van der Waals surface area contributed by atoms with Gasteiger partial charge in [0.1, 0.15) is 5.78 Å². The molecule has 0 aliphatic carbocycles. The van der Waals surface area contributed by atoms with Gasteiger partial charge in [0.05, 0.1) is 12.2 Å². The maximum absolute atomic E-state index is 12.3. The lowest BCUT2D eigenvalue weighted by Crippen LogP contribution is -2.41. The maximum atomic E-state index is 12.3. The van der Waals surface area contributed by atoms with Crippen molar-refractivity contribution in [3.63, 3.8) is 0 Å². The van der Waals surface area contributed by atoms with Crippen molar-refractivity contribution in [3.8, 4) is 0 Å². The van der Waals surface area contributed by atoms with Gasteiger partial charge in [-0.2, -0.15) is 0 Å². The van der Waals surface area contributed by atoms with Gasteiger partial charge in [0.2, 0.25) is 0 Å². The molecule has 2 N–H and O–H groups in total. The lowest BCUT2D eigenvalue weighted by atomic mass is 9.75. The first kappa shape index (κ1) is 16.6. The molecule has 102 valence electrons. The SMILES string of the molecule is CC(C)(CCN)OCC(C)(C)C(=O)C(C)(C)C. The Labute approximate surface area is 106 Å². The fraction of sp³-hybridized carbons (Fsp3) is 0.929. The van der Waals surface area contributed by atoms with Crippen LogP contribution in [0.2, 0.25) is 0 Å². The van der Waals surface area contributed by atoms with Crippen molar-refractivity contribution in [1.29, 1.82) is 0 Å². The third-order valence-electron chi connectivity index (χ3n) is 2.87. The van der Waals surface area contributed by atoms with Crippen LogP contribution in [0, 0.1) is 10.8 Å². The second-order valence-corrected chi connectivity index (χ2v) is 7.05. The summed E-state index contributed by atoms with van der Waals surface area (Å²) in [6.45, 7) is 14.8. The molecule has 0 radical (unpaired) electrons. The van der Waals surface area contributed by atoms with Gasteiger partial charge in [-0.1, -0.05) is 34.6 Å². The number of nitrogens with two attached hydrogens (primary N) is 1. The lowest BCUT2D eigenvalue weighted by Gasteiger charge is -2.34. The molecule has 17 heavy (non-hydrogen) atoms. The summed E-state index contributed by atoms with van der Waals surface area (Å²) in [4.78, 5) is 12.3. The van der Waals surface area contributed by atoms with Crippen LogP contribution in [0.3, 0.4) is 0 Å². The van der Waals surface area contributed by atoms with Crippen LogP contribution in [-0.2, 0) is 9.53 Å². The molecule has 0 bridgehead atoms. The minimum Gasteiger partial charge on any atom is -0.375 e.